The van der Waals surface area contributed by atoms with Crippen molar-refractivity contribution in [1.82, 2.24) is 10.2 Å². The molecule has 24 heavy (non-hydrogen) atoms. The molecule has 4 unspecified atom stereocenters. The van der Waals surface area contributed by atoms with E-state index in [1.807, 2.05) is 35.2 Å². The summed E-state index contributed by atoms with van der Waals surface area (Å²) in [5.74, 6) is -0.142. The third-order valence-corrected chi connectivity index (χ3v) is 4.63. The van der Waals surface area contributed by atoms with Crippen molar-refractivity contribution >= 4 is 5.91 Å². The molecule has 2 rings (SSSR count). The second-order valence-corrected chi connectivity index (χ2v) is 6.36. The van der Waals surface area contributed by atoms with Gasteiger partial charge in [0.1, 0.15) is 0 Å². The van der Waals surface area contributed by atoms with Gasteiger partial charge in [-0.1, -0.05) is 43.7 Å². The summed E-state index contributed by atoms with van der Waals surface area (Å²) in [5, 5.41) is 33.0. The van der Waals surface area contributed by atoms with Gasteiger partial charge in [0.05, 0.1) is 24.9 Å². The highest BCUT2D eigenvalue weighted by Crippen LogP contribution is 2.29. The molecule has 1 fully saturated rings. The van der Waals surface area contributed by atoms with Crippen molar-refractivity contribution in [3.8, 4) is 0 Å². The number of aliphatic hydroxyl groups is 3. The van der Waals surface area contributed by atoms with E-state index >= 15 is 0 Å². The van der Waals surface area contributed by atoms with Crippen LogP contribution in [0, 0.1) is 0 Å². The van der Waals surface area contributed by atoms with Gasteiger partial charge < -0.3 is 20.6 Å². The Balaban J connectivity index is 2.08. The Hall–Kier alpha value is -1.47. The number of benzene rings is 1. The number of likely N-dealkylation sites (tertiary alicyclic amines) is 1. The molecule has 4 atom stereocenters. The van der Waals surface area contributed by atoms with Crippen molar-refractivity contribution in [2.24, 2.45) is 0 Å². The summed E-state index contributed by atoms with van der Waals surface area (Å²) < 4.78 is 0. The van der Waals surface area contributed by atoms with Crippen LogP contribution in [0.1, 0.15) is 31.7 Å². The summed E-state index contributed by atoms with van der Waals surface area (Å²) in [7, 11) is 0. The smallest absolute Gasteiger partial charge is 0.221 e. The Bertz CT molecular complexity index is 511. The topological polar surface area (TPSA) is 93.0 Å². The molecule has 0 bridgehead atoms. The monoisotopic (exact) mass is 336 g/mol. The molecule has 1 amide bonds. The number of amides is 1. The van der Waals surface area contributed by atoms with Crippen molar-refractivity contribution in [3.63, 3.8) is 0 Å². The first-order chi connectivity index (χ1) is 11.6. The molecule has 0 radical (unpaired) electrons. The lowest BCUT2D eigenvalue weighted by Gasteiger charge is -2.29. The Morgan fingerprint density at radius 1 is 1.17 bits per heavy atom. The van der Waals surface area contributed by atoms with Crippen molar-refractivity contribution in [1.29, 1.82) is 0 Å². The Labute approximate surface area is 143 Å². The standard InChI is InChI=1S/C18H28N2O4/c1-2-3-9-19-16(22)10-14-17(23)18(24)15(12-21)20(14)11-13-7-5-4-6-8-13/h4-8,14-15,17-18,21,23-24H,2-3,9-12H2,1H3,(H,19,22). The van der Waals surface area contributed by atoms with E-state index in [1.54, 1.807) is 0 Å². The number of carbonyl (C=O) groups is 1. The summed E-state index contributed by atoms with van der Waals surface area (Å²) in [6.45, 7) is 2.87. The van der Waals surface area contributed by atoms with Crippen molar-refractivity contribution in [3.05, 3.63) is 35.9 Å². The van der Waals surface area contributed by atoms with Crippen LogP contribution < -0.4 is 5.32 Å². The summed E-state index contributed by atoms with van der Waals surface area (Å²) in [5.41, 5.74) is 1.01. The van der Waals surface area contributed by atoms with E-state index in [2.05, 4.69) is 12.2 Å². The van der Waals surface area contributed by atoms with E-state index in [0.717, 1.165) is 18.4 Å². The highest BCUT2D eigenvalue weighted by molar-refractivity contribution is 5.76. The molecule has 1 heterocycles. The van der Waals surface area contributed by atoms with Crippen LogP contribution in [0.2, 0.25) is 0 Å². The number of rotatable bonds is 8. The van der Waals surface area contributed by atoms with E-state index in [9.17, 15) is 20.1 Å². The molecule has 0 saturated carbocycles. The minimum atomic E-state index is -1.06. The number of hydrogen-bond donors (Lipinski definition) is 4. The normalized spacial score (nSPS) is 27.3. The van der Waals surface area contributed by atoms with Gasteiger partial charge in [0.15, 0.2) is 0 Å². The van der Waals surface area contributed by atoms with E-state index in [4.69, 9.17) is 0 Å². The van der Waals surface area contributed by atoms with E-state index < -0.39 is 24.3 Å². The van der Waals surface area contributed by atoms with Gasteiger partial charge in [0.25, 0.3) is 0 Å². The zero-order valence-electron chi connectivity index (χ0n) is 14.1. The van der Waals surface area contributed by atoms with E-state index in [1.165, 1.54) is 0 Å². The molecular formula is C18H28N2O4. The minimum absolute atomic E-state index is 0.102. The summed E-state index contributed by atoms with van der Waals surface area (Å²) >= 11 is 0. The number of nitrogens with zero attached hydrogens (tertiary/aromatic N) is 1. The first-order valence-corrected chi connectivity index (χ1v) is 8.61. The lowest BCUT2D eigenvalue weighted by molar-refractivity contribution is -0.123. The molecule has 1 aliphatic heterocycles. The minimum Gasteiger partial charge on any atom is -0.395 e. The Morgan fingerprint density at radius 3 is 2.46 bits per heavy atom. The van der Waals surface area contributed by atoms with Crippen LogP contribution in [0.4, 0.5) is 0 Å². The van der Waals surface area contributed by atoms with Gasteiger partial charge in [-0.15, -0.1) is 0 Å². The lowest BCUT2D eigenvalue weighted by atomic mass is 10.1. The lowest BCUT2D eigenvalue weighted by Crippen LogP contribution is -2.43. The number of unbranched alkanes of at least 4 members (excludes halogenated alkanes) is 1. The summed E-state index contributed by atoms with van der Waals surface area (Å²) in [4.78, 5) is 14.0. The molecule has 1 aliphatic rings. The zero-order valence-corrected chi connectivity index (χ0v) is 14.1. The summed E-state index contributed by atoms with van der Waals surface area (Å²) in [6, 6.07) is 8.55. The second-order valence-electron chi connectivity index (χ2n) is 6.36. The fraction of sp³-hybridized carbons (Fsp3) is 0.611. The van der Waals surface area contributed by atoms with Crippen molar-refractivity contribution in [2.75, 3.05) is 13.2 Å². The van der Waals surface area contributed by atoms with E-state index in [-0.39, 0.29) is 18.9 Å². The molecule has 0 aliphatic carbocycles. The third kappa shape index (κ3) is 4.54. The zero-order chi connectivity index (χ0) is 17.5. The highest BCUT2D eigenvalue weighted by Gasteiger charge is 2.47. The van der Waals surface area contributed by atoms with Crippen LogP contribution in [0.15, 0.2) is 30.3 Å². The molecule has 1 saturated heterocycles. The van der Waals surface area contributed by atoms with E-state index in [0.29, 0.717) is 13.1 Å². The fourth-order valence-electron chi connectivity index (χ4n) is 3.24. The first kappa shape index (κ1) is 18.9. The predicted octanol–water partition coefficient (Wildman–Crippen LogP) is 0.260. The molecule has 1 aromatic carbocycles. The predicted molar refractivity (Wildman–Crippen MR) is 91.2 cm³/mol. The Kier molecular flexibility index (Phi) is 7.17. The van der Waals surface area contributed by atoms with Gasteiger partial charge in [-0.05, 0) is 12.0 Å². The molecule has 0 aromatic heterocycles. The molecule has 1 aromatic rings. The second kappa shape index (κ2) is 9.13. The molecule has 0 spiro atoms. The quantitative estimate of drug-likeness (QED) is 0.511. The molecular weight excluding hydrogens is 308 g/mol. The van der Waals surface area contributed by atoms with Gasteiger partial charge in [0, 0.05) is 25.6 Å². The number of nitrogens with one attached hydrogen (secondary N) is 1. The molecule has 134 valence electrons. The highest BCUT2D eigenvalue weighted by atomic mass is 16.3. The van der Waals surface area contributed by atoms with Crippen molar-refractivity contribution < 1.29 is 20.1 Å². The SMILES string of the molecule is CCCCNC(=O)CC1C(O)C(O)C(CO)N1Cc1ccccc1. The molecule has 4 N–H and O–H groups in total. The van der Waals surface area contributed by atoms with Gasteiger partial charge in [-0.25, -0.2) is 0 Å². The average molecular weight is 336 g/mol. The maximum Gasteiger partial charge on any atom is 0.221 e. The third-order valence-electron chi connectivity index (χ3n) is 4.63. The maximum absolute atomic E-state index is 12.1. The van der Waals surface area contributed by atoms with Gasteiger partial charge >= 0.3 is 0 Å². The first-order valence-electron chi connectivity index (χ1n) is 8.61. The van der Waals surface area contributed by atoms with Gasteiger partial charge in [-0.2, -0.15) is 0 Å². The molecule has 6 heteroatoms. The number of carbonyl (C=O) groups excluding carboxylic acids is 1. The van der Waals surface area contributed by atoms with Crippen LogP contribution in [0.25, 0.3) is 0 Å². The van der Waals surface area contributed by atoms with Crippen molar-refractivity contribution in [2.45, 2.75) is 57.0 Å². The summed E-state index contributed by atoms with van der Waals surface area (Å²) in [6.07, 6.45) is -0.104. The van der Waals surface area contributed by atoms with Crippen LogP contribution in [-0.4, -0.2) is 63.6 Å². The largest absolute Gasteiger partial charge is 0.395 e. The number of aliphatic hydroxyl groups excluding tert-OH is 3. The van der Waals surface area contributed by atoms with Crippen LogP contribution in [0.5, 0.6) is 0 Å². The molecule has 6 nitrogen and oxygen atoms in total. The van der Waals surface area contributed by atoms with Crippen LogP contribution in [-0.2, 0) is 11.3 Å². The van der Waals surface area contributed by atoms with Crippen LogP contribution >= 0.6 is 0 Å². The number of hydrogen-bond acceptors (Lipinski definition) is 5. The Morgan fingerprint density at radius 2 is 1.83 bits per heavy atom. The van der Waals surface area contributed by atoms with Gasteiger partial charge in [-0.3, -0.25) is 9.69 Å². The maximum atomic E-state index is 12.1. The van der Waals surface area contributed by atoms with Gasteiger partial charge in [0.2, 0.25) is 5.91 Å². The average Bonchev–Trinajstić information content (AvgIpc) is 2.80. The van der Waals surface area contributed by atoms with Crippen LogP contribution in [0.3, 0.4) is 0 Å². The fourth-order valence-corrected chi connectivity index (χ4v) is 3.24.